The molecule has 1 heterocycles. The number of carboxylic acid groups (broad SMARTS) is 1. The number of nitrogens with zero attached hydrogens (tertiary/aromatic N) is 1. The summed E-state index contributed by atoms with van der Waals surface area (Å²) in [6, 6.07) is 2.13. The van der Waals surface area contributed by atoms with Crippen molar-refractivity contribution in [1.82, 2.24) is 5.32 Å². The molecule has 0 saturated carbocycles. The summed E-state index contributed by atoms with van der Waals surface area (Å²) in [5.41, 5.74) is 4.65. The van der Waals surface area contributed by atoms with Gasteiger partial charge in [0.15, 0.2) is 0 Å². The van der Waals surface area contributed by atoms with Crippen LogP contribution in [0.15, 0.2) is 107 Å². The van der Waals surface area contributed by atoms with Gasteiger partial charge in [0.2, 0.25) is 0 Å². The zero-order valence-electron chi connectivity index (χ0n) is 20.1. The fourth-order valence-electron chi connectivity index (χ4n) is 3.70. The van der Waals surface area contributed by atoms with Gasteiger partial charge >= 0.3 is 5.97 Å². The van der Waals surface area contributed by atoms with Crippen molar-refractivity contribution in [1.29, 1.82) is 5.26 Å². The molecule has 0 fully saturated rings. The molecule has 1 aliphatic carbocycles. The number of allylic oxidation sites excluding steroid dienone is 11. The summed E-state index contributed by atoms with van der Waals surface area (Å²) in [5.74, 6) is 0.0368. The van der Waals surface area contributed by atoms with Gasteiger partial charge in [0.05, 0.1) is 18.2 Å². The van der Waals surface area contributed by atoms with Crippen molar-refractivity contribution in [2.45, 2.75) is 39.5 Å². The van der Waals surface area contributed by atoms with E-state index in [9.17, 15) is 9.90 Å². The van der Waals surface area contributed by atoms with E-state index in [2.05, 4.69) is 37.5 Å². The van der Waals surface area contributed by atoms with Gasteiger partial charge in [0, 0.05) is 23.7 Å². The second-order valence-corrected chi connectivity index (χ2v) is 8.25. The van der Waals surface area contributed by atoms with Crippen LogP contribution >= 0.6 is 0 Å². The molecular weight excluding hydrogens is 424 g/mol. The quantitative estimate of drug-likeness (QED) is 0.284. The van der Waals surface area contributed by atoms with Crippen LogP contribution in [0, 0.1) is 17.2 Å². The molecule has 1 aliphatic heterocycles. The Morgan fingerprint density at radius 3 is 2.76 bits per heavy atom. The SMILES string of the molecule is C=CC1=C(/C=C(\C)CCC(=C)/C=C\C(C#N)=C/C)OCC[C@H]1CNC1=C(C(=O)O)C=CCC=C1. The minimum absolute atomic E-state index is 0.164. The Bertz CT molecular complexity index is 1060. The van der Waals surface area contributed by atoms with Crippen LogP contribution in [-0.4, -0.2) is 24.2 Å². The molecule has 0 bridgehead atoms. The number of ether oxygens (including phenoxy) is 1. The lowest BCUT2D eigenvalue weighted by Crippen LogP contribution is -2.28. The summed E-state index contributed by atoms with van der Waals surface area (Å²) in [7, 11) is 0. The fourth-order valence-corrected chi connectivity index (χ4v) is 3.70. The standard InChI is InChI=1S/C29H34N2O3/c1-5-23(19-30)15-14-21(3)12-13-22(4)18-28-25(6-2)24(16-17-34-28)20-31-27-11-9-7-8-10-26(27)29(32)33/h5-6,8-11,14-15,18,24,31H,2-3,7,12-13,16-17,20H2,1,4H3,(H,32,33)/b15-14-,22-18+,23-5+/t24-/m0/s1. The molecule has 0 aromatic rings. The molecule has 2 N–H and O–H groups in total. The minimum Gasteiger partial charge on any atom is -0.493 e. The van der Waals surface area contributed by atoms with Gasteiger partial charge in [-0.05, 0) is 69.4 Å². The van der Waals surface area contributed by atoms with Gasteiger partial charge in [-0.2, -0.15) is 5.26 Å². The summed E-state index contributed by atoms with van der Waals surface area (Å²) in [6.07, 6.45) is 19.8. The average molecular weight is 459 g/mol. The lowest BCUT2D eigenvalue weighted by Gasteiger charge is -2.27. The predicted molar refractivity (Wildman–Crippen MR) is 137 cm³/mol. The highest BCUT2D eigenvalue weighted by atomic mass is 16.5. The second kappa shape index (κ2) is 13.7. The molecule has 2 aliphatic rings. The maximum Gasteiger partial charge on any atom is 0.337 e. The number of nitrogens with one attached hydrogen (secondary N) is 1. The highest BCUT2D eigenvalue weighted by Gasteiger charge is 2.22. The first-order valence-corrected chi connectivity index (χ1v) is 11.5. The summed E-state index contributed by atoms with van der Waals surface area (Å²) in [6.45, 7) is 13.2. The second-order valence-electron chi connectivity index (χ2n) is 8.25. The lowest BCUT2D eigenvalue weighted by atomic mass is 9.91. The third-order valence-electron chi connectivity index (χ3n) is 5.73. The van der Waals surface area contributed by atoms with Crippen molar-refractivity contribution in [3.63, 3.8) is 0 Å². The molecule has 0 aromatic heterocycles. The maximum atomic E-state index is 11.6. The Kier molecular flexibility index (Phi) is 10.7. The molecule has 1 atom stereocenters. The lowest BCUT2D eigenvalue weighted by molar-refractivity contribution is -0.132. The Morgan fingerprint density at radius 1 is 1.32 bits per heavy atom. The van der Waals surface area contributed by atoms with Crippen LogP contribution in [0.4, 0.5) is 0 Å². The third-order valence-corrected chi connectivity index (χ3v) is 5.73. The third kappa shape index (κ3) is 7.97. The Labute approximate surface area is 203 Å². The van der Waals surface area contributed by atoms with Gasteiger partial charge in [-0.1, -0.05) is 54.7 Å². The highest BCUT2D eigenvalue weighted by molar-refractivity contribution is 5.91. The molecular formula is C29H34N2O3. The van der Waals surface area contributed by atoms with Crippen LogP contribution in [0.2, 0.25) is 0 Å². The maximum absolute atomic E-state index is 11.6. The van der Waals surface area contributed by atoms with E-state index in [1.807, 2.05) is 37.3 Å². The van der Waals surface area contributed by atoms with E-state index in [0.29, 0.717) is 30.8 Å². The van der Waals surface area contributed by atoms with Crippen molar-refractivity contribution in [2.75, 3.05) is 13.2 Å². The zero-order chi connectivity index (χ0) is 24.9. The van der Waals surface area contributed by atoms with Crippen molar-refractivity contribution in [3.05, 3.63) is 107 Å². The Hall–Kier alpha value is -3.78. The number of aliphatic carboxylic acids is 1. The van der Waals surface area contributed by atoms with Crippen LogP contribution in [0.25, 0.3) is 0 Å². The summed E-state index contributed by atoms with van der Waals surface area (Å²) in [4.78, 5) is 11.6. The first-order valence-electron chi connectivity index (χ1n) is 11.5. The topological polar surface area (TPSA) is 82.3 Å². The average Bonchev–Trinajstić information content (AvgIpc) is 3.08. The van der Waals surface area contributed by atoms with E-state index in [1.54, 1.807) is 18.2 Å². The molecule has 0 radical (unpaired) electrons. The predicted octanol–water partition coefficient (Wildman–Crippen LogP) is 6.22. The summed E-state index contributed by atoms with van der Waals surface area (Å²) < 4.78 is 5.96. The summed E-state index contributed by atoms with van der Waals surface area (Å²) >= 11 is 0. The molecule has 2 rings (SSSR count). The minimum atomic E-state index is -0.943. The molecule has 5 heteroatoms. The van der Waals surface area contributed by atoms with E-state index >= 15 is 0 Å². The first-order chi connectivity index (χ1) is 16.4. The van der Waals surface area contributed by atoms with Gasteiger partial charge in [-0.3, -0.25) is 0 Å². The van der Waals surface area contributed by atoms with Crippen molar-refractivity contribution < 1.29 is 14.6 Å². The first kappa shape index (κ1) is 26.5. The molecule has 0 aromatic carbocycles. The van der Waals surface area contributed by atoms with Gasteiger partial charge in [-0.25, -0.2) is 4.79 Å². The smallest absolute Gasteiger partial charge is 0.337 e. The molecule has 5 nitrogen and oxygen atoms in total. The number of carbonyl (C=O) groups is 1. The Morgan fingerprint density at radius 2 is 2.09 bits per heavy atom. The van der Waals surface area contributed by atoms with E-state index < -0.39 is 5.97 Å². The zero-order valence-corrected chi connectivity index (χ0v) is 20.1. The van der Waals surface area contributed by atoms with Crippen LogP contribution in [0.5, 0.6) is 0 Å². The van der Waals surface area contributed by atoms with Crippen molar-refractivity contribution >= 4 is 5.97 Å². The Balaban J connectivity index is 2.09. The van der Waals surface area contributed by atoms with Crippen molar-refractivity contribution in [3.8, 4) is 6.07 Å². The van der Waals surface area contributed by atoms with Gasteiger partial charge < -0.3 is 15.2 Å². The molecule has 0 saturated heterocycles. The van der Waals surface area contributed by atoms with Crippen LogP contribution < -0.4 is 5.32 Å². The van der Waals surface area contributed by atoms with E-state index in [4.69, 9.17) is 10.00 Å². The number of carboxylic acids is 1. The van der Waals surface area contributed by atoms with E-state index in [0.717, 1.165) is 41.7 Å². The fraction of sp³-hybridized carbons (Fsp3) is 0.310. The number of nitriles is 1. The normalized spacial score (nSPS) is 19.0. The van der Waals surface area contributed by atoms with E-state index in [1.165, 1.54) is 0 Å². The monoisotopic (exact) mass is 458 g/mol. The highest BCUT2D eigenvalue weighted by Crippen LogP contribution is 2.29. The molecule has 178 valence electrons. The van der Waals surface area contributed by atoms with E-state index in [-0.39, 0.29) is 11.5 Å². The van der Waals surface area contributed by atoms with Gasteiger partial charge in [-0.15, -0.1) is 0 Å². The summed E-state index contributed by atoms with van der Waals surface area (Å²) in [5, 5.41) is 21.8. The number of rotatable bonds is 11. The molecule has 0 unspecified atom stereocenters. The van der Waals surface area contributed by atoms with Crippen LogP contribution in [-0.2, 0) is 9.53 Å². The van der Waals surface area contributed by atoms with Gasteiger partial charge in [0.1, 0.15) is 5.76 Å². The van der Waals surface area contributed by atoms with Crippen LogP contribution in [0.1, 0.15) is 39.5 Å². The number of hydrogen-bond acceptors (Lipinski definition) is 4. The van der Waals surface area contributed by atoms with Gasteiger partial charge in [0.25, 0.3) is 0 Å². The van der Waals surface area contributed by atoms with Crippen LogP contribution in [0.3, 0.4) is 0 Å². The molecule has 34 heavy (non-hydrogen) atoms. The molecule has 0 spiro atoms. The van der Waals surface area contributed by atoms with Crippen molar-refractivity contribution in [2.24, 2.45) is 5.92 Å². The molecule has 0 amide bonds. The number of hydrogen-bond donors (Lipinski definition) is 2. The largest absolute Gasteiger partial charge is 0.493 e.